The molecule has 1 aliphatic rings. The van der Waals surface area contributed by atoms with E-state index in [4.69, 9.17) is 5.11 Å². The van der Waals surface area contributed by atoms with E-state index in [0.717, 1.165) is 29.3 Å². The minimum Gasteiger partial charge on any atom is -0.481 e. The van der Waals surface area contributed by atoms with Gasteiger partial charge in [0.1, 0.15) is 0 Å². The summed E-state index contributed by atoms with van der Waals surface area (Å²) in [5.74, 6) is -1.20. The van der Waals surface area contributed by atoms with Crippen LogP contribution in [0.1, 0.15) is 31.4 Å². The number of aliphatic carboxylic acids is 1. The summed E-state index contributed by atoms with van der Waals surface area (Å²) in [4.78, 5) is 25.5. The number of carboxylic acid groups (broad SMARTS) is 1. The number of carbonyl (C=O) groups is 2. The molecule has 0 saturated carbocycles. The monoisotopic (exact) mass is 340 g/mol. The molecule has 1 heterocycles. The second-order valence-corrected chi connectivity index (χ2v) is 6.77. The fourth-order valence-electron chi connectivity index (χ4n) is 3.60. The fraction of sp³-hybridized carbons (Fsp3) is 0.400. The lowest BCUT2D eigenvalue weighted by Crippen LogP contribution is -2.44. The van der Waals surface area contributed by atoms with Crippen LogP contribution in [0.25, 0.3) is 10.8 Å². The number of hydrogen-bond acceptors (Lipinski definition) is 3. The number of fused-ring (bicyclic) bond motifs is 1. The van der Waals surface area contributed by atoms with Crippen LogP contribution in [-0.2, 0) is 9.59 Å². The smallest absolute Gasteiger partial charge is 0.307 e. The van der Waals surface area contributed by atoms with Crippen molar-refractivity contribution in [2.45, 2.75) is 25.8 Å². The number of amides is 1. The predicted molar refractivity (Wildman–Crippen MR) is 97.3 cm³/mol. The van der Waals surface area contributed by atoms with Gasteiger partial charge in [-0.25, -0.2) is 0 Å². The van der Waals surface area contributed by atoms with Crippen molar-refractivity contribution in [1.29, 1.82) is 0 Å². The summed E-state index contributed by atoms with van der Waals surface area (Å²) in [6.07, 6.45) is 1.52. The molecule has 1 aliphatic heterocycles. The van der Waals surface area contributed by atoms with Gasteiger partial charge in [0.15, 0.2) is 0 Å². The molecule has 1 fully saturated rings. The van der Waals surface area contributed by atoms with Crippen LogP contribution in [-0.4, -0.2) is 41.5 Å². The Morgan fingerprint density at radius 3 is 2.80 bits per heavy atom. The van der Waals surface area contributed by atoms with E-state index in [-0.39, 0.29) is 24.4 Å². The number of carboxylic acids is 1. The Kier molecular flexibility index (Phi) is 5.34. The number of nitrogens with one attached hydrogen (secondary N) is 1. The summed E-state index contributed by atoms with van der Waals surface area (Å²) in [5.41, 5.74) is 1.09. The maximum absolute atomic E-state index is 12.4. The van der Waals surface area contributed by atoms with E-state index in [1.807, 2.05) is 36.1 Å². The van der Waals surface area contributed by atoms with Crippen LogP contribution < -0.4 is 5.32 Å². The highest BCUT2D eigenvalue weighted by atomic mass is 16.4. The van der Waals surface area contributed by atoms with Gasteiger partial charge in [0, 0.05) is 6.54 Å². The molecule has 2 N–H and O–H groups in total. The molecule has 0 spiro atoms. The number of benzene rings is 2. The van der Waals surface area contributed by atoms with Gasteiger partial charge < -0.3 is 10.4 Å². The molecule has 2 aromatic rings. The average Bonchev–Trinajstić information content (AvgIpc) is 2.61. The summed E-state index contributed by atoms with van der Waals surface area (Å²) in [7, 11) is 0. The molecule has 2 aromatic carbocycles. The molecule has 0 bridgehead atoms. The lowest BCUT2D eigenvalue weighted by molar-refractivity contribution is -0.144. The van der Waals surface area contributed by atoms with Gasteiger partial charge in [-0.15, -0.1) is 0 Å². The third-order valence-corrected chi connectivity index (χ3v) is 4.89. The standard InChI is InChI=1S/C20H24N2O3/c1-14(17-10-4-7-15-6-2-3-9-18(15)17)21-19(23)13-22-11-5-8-16(12-22)20(24)25/h2-4,6-7,9-10,14,16H,5,8,11-13H2,1H3,(H,21,23)(H,24,25). The largest absolute Gasteiger partial charge is 0.481 e. The van der Waals surface area contributed by atoms with E-state index in [0.29, 0.717) is 13.0 Å². The highest BCUT2D eigenvalue weighted by Gasteiger charge is 2.26. The van der Waals surface area contributed by atoms with Crippen LogP contribution >= 0.6 is 0 Å². The van der Waals surface area contributed by atoms with Gasteiger partial charge in [0.25, 0.3) is 0 Å². The fourth-order valence-corrected chi connectivity index (χ4v) is 3.60. The highest BCUT2D eigenvalue weighted by molar-refractivity contribution is 5.87. The Morgan fingerprint density at radius 1 is 1.24 bits per heavy atom. The maximum atomic E-state index is 12.4. The van der Waals surface area contributed by atoms with Crippen molar-refractivity contribution in [2.24, 2.45) is 5.92 Å². The van der Waals surface area contributed by atoms with Crippen molar-refractivity contribution in [3.8, 4) is 0 Å². The number of rotatable bonds is 5. The number of carbonyl (C=O) groups excluding carboxylic acids is 1. The molecule has 1 amide bonds. The highest BCUT2D eigenvalue weighted by Crippen LogP contribution is 2.24. The first-order chi connectivity index (χ1) is 12.0. The number of likely N-dealkylation sites (tertiary alicyclic amines) is 1. The van der Waals surface area contributed by atoms with Crippen molar-refractivity contribution in [3.05, 3.63) is 48.0 Å². The van der Waals surface area contributed by atoms with E-state index in [1.54, 1.807) is 0 Å². The minimum atomic E-state index is -0.769. The Morgan fingerprint density at radius 2 is 2.00 bits per heavy atom. The van der Waals surface area contributed by atoms with Crippen LogP contribution in [0.5, 0.6) is 0 Å². The quantitative estimate of drug-likeness (QED) is 0.878. The van der Waals surface area contributed by atoms with Crippen molar-refractivity contribution in [3.63, 3.8) is 0 Å². The second-order valence-electron chi connectivity index (χ2n) is 6.77. The van der Waals surface area contributed by atoms with Gasteiger partial charge in [0.2, 0.25) is 5.91 Å². The molecular formula is C20H24N2O3. The summed E-state index contributed by atoms with van der Waals surface area (Å²) >= 11 is 0. The molecule has 2 atom stereocenters. The molecule has 1 saturated heterocycles. The van der Waals surface area contributed by atoms with Gasteiger partial charge in [-0.3, -0.25) is 14.5 Å². The van der Waals surface area contributed by atoms with E-state index < -0.39 is 5.97 Å². The van der Waals surface area contributed by atoms with Crippen molar-refractivity contribution < 1.29 is 14.7 Å². The van der Waals surface area contributed by atoms with E-state index in [1.165, 1.54) is 0 Å². The Bertz CT molecular complexity index is 769. The second kappa shape index (κ2) is 7.66. The molecule has 5 heteroatoms. The molecule has 0 aromatic heterocycles. The SMILES string of the molecule is CC(NC(=O)CN1CCCC(C(=O)O)C1)c1cccc2ccccc12. The summed E-state index contributed by atoms with van der Waals surface area (Å²) in [6, 6.07) is 14.1. The van der Waals surface area contributed by atoms with E-state index >= 15 is 0 Å². The molecule has 2 unspecified atom stereocenters. The number of hydrogen-bond donors (Lipinski definition) is 2. The van der Waals surface area contributed by atoms with Crippen LogP contribution in [0.4, 0.5) is 0 Å². The van der Waals surface area contributed by atoms with Crippen molar-refractivity contribution in [1.82, 2.24) is 10.2 Å². The van der Waals surface area contributed by atoms with E-state index in [2.05, 4.69) is 23.5 Å². The molecule has 0 aliphatic carbocycles. The van der Waals surface area contributed by atoms with Crippen LogP contribution in [0.3, 0.4) is 0 Å². The molecular weight excluding hydrogens is 316 g/mol. The predicted octanol–water partition coefficient (Wildman–Crippen LogP) is 2.81. The van der Waals surface area contributed by atoms with Gasteiger partial charge in [0.05, 0.1) is 18.5 Å². The van der Waals surface area contributed by atoms with Gasteiger partial charge >= 0.3 is 5.97 Å². The third-order valence-electron chi connectivity index (χ3n) is 4.89. The maximum Gasteiger partial charge on any atom is 0.307 e. The first-order valence-corrected chi connectivity index (χ1v) is 8.77. The first-order valence-electron chi connectivity index (χ1n) is 8.77. The number of piperidine rings is 1. The van der Waals surface area contributed by atoms with Crippen LogP contribution in [0.2, 0.25) is 0 Å². The van der Waals surface area contributed by atoms with Crippen LogP contribution in [0.15, 0.2) is 42.5 Å². The Balaban J connectivity index is 1.63. The normalized spacial score (nSPS) is 19.5. The Labute approximate surface area is 147 Å². The zero-order chi connectivity index (χ0) is 17.8. The molecule has 3 rings (SSSR count). The zero-order valence-electron chi connectivity index (χ0n) is 14.4. The minimum absolute atomic E-state index is 0.0635. The summed E-state index contributed by atoms with van der Waals surface area (Å²) in [5, 5.41) is 14.5. The molecule has 5 nitrogen and oxygen atoms in total. The molecule has 0 radical (unpaired) electrons. The Hall–Kier alpha value is -2.40. The van der Waals surface area contributed by atoms with Crippen molar-refractivity contribution >= 4 is 22.6 Å². The third kappa shape index (κ3) is 4.17. The first kappa shape index (κ1) is 17.4. The van der Waals surface area contributed by atoms with Gasteiger partial charge in [-0.05, 0) is 42.6 Å². The van der Waals surface area contributed by atoms with Crippen molar-refractivity contribution in [2.75, 3.05) is 19.6 Å². The van der Waals surface area contributed by atoms with Crippen LogP contribution in [0, 0.1) is 5.92 Å². The zero-order valence-corrected chi connectivity index (χ0v) is 14.4. The summed E-state index contributed by atoms with van der Waals surface area (Å²) < 4.78 is 0. The topological polar surface area (TPSA) is 69.6 Å². The molecule has 132 valence electrons. The van der Waals surface area contributed by atoms with Gasteiger partial charge in [-0.2, -0.15) is 0 Å². The lowest BCUT2D eigenvalue weighted by Gasteiger charge is -2.30. The molecule has 25 heavy (non-hydrogen) atoms. The lowest BCUT2D eigenvalue weighted by atomic mass is 9.98. The number of nitrogens with zero attached hydrogens (tertiary/aromatic N) is 1. The van der Waals surface area contributed by atoms with E-state index in [9.17, 15) is 9.59 Å². The summed E-state index contributed by atoms with van der Waals surface area (Å²) in [6.45, 7) is 3.46. The van der Waals surface area contributed by atoms with Gasteiger partial charge in [-0.1, -0.05) is 42.5 Å². The average molecular weight is 340 g/mol.